The Morgan fingerprint density at radius 3 is 2.43 bits per heavy atom. The van der Waals surface area contributed by atoms with Crippen molar-refractivity contribution in [3.05, 3.63) is 34.9 Å². The summed E-state index contributed by atoms with van der Waals surface area (Å²) in [5, 5.41) is 0. The van der Waals surface area contributed by atoms with E-state index in [9.17, 15) is 18.0 Å². The number of carbonyl (C=O) groups excluding carboxylic acids is 1. The van der Waals surface area contributed by atoms with Gasteiger partial charge in [0.1, 0.15) is 0 Å². The van der Waals surface area contributed by atoms with E-state index in [1.54, 1.807) is 26.8 Å². The summed E-state index contributed by atoms with van der Waals surface area (Å²) in [5.41, 5.74) is 2.22. The fourth-order valence-electron chi connectivity index (χ4n) is 2.32. The van der Waals surface area contributed by atoms with Gasteiger partial charge in [0, 0.05) is 5.56 Å². The summed E-state index contributed by atoms with van der Waals surface area (Å²) in [7, 11) is 0. The van der Waals surface area contributed by atoms with Crippen molar-refractivity contribution >= 4 is 5.78 Å². The molecule has 0 radical (unpaired) electrons. The Hall–Kier alpha value is -1.36. The highest BCUT2D eigenvalue weighted by atomic mass is 19.4. The zero-order valence-corrected chi connectivity index (χ0v) is 12.9. The summed E-state index contributed by atoms with van der Waals surface area (Å²) in [6, 6.07) is 4.66. The van der Waals surface area contributed by atoms with Crippen molar-refractivity contribution in [1.29, 1.82) is 0 Å². The van der Waals surface area contributed by atoms with Gasteiger partial charge in [-0.15, -0.1) is 0 Å². The van der Waals surface area contributed by atoms with Gasteiger partial charge in [-0.3, -0.25) is 9.69 Å². The van der Waals surface area contributed by atoms with Crippen LogP contribution in [0.25, 0.3) is 0 Å². The Morgan fingerprint density at radius 2 is 1.90 bits per heavy atom. The van der Waals surface area contributed by atoms with E-state index in [1.807, 2.05) is 19.1 Å². The van der Waals surface area contributed by atoms with E-state index >= 15 is 0 Å². The standard InChI is InChI=1S/C16H22F3NO/c1-5-8-20(10-16(17,18)19)13(4)15(21)14-9-11(2)6-7-12(14)3/h6-7,9,13H,5,8,10H2,1-4H3. The van der Waals surface area contributed by atoms with Gasteiger partial charge in [0.15, 0.2) is 5.78 Å². The van der Waals surface area contributed by atoms with Crippen molar-refractivity contribution in [3.63, 3.8) is 0 Å². The normalized spacial score (nSPS) is 13.5. The first-order valence-corrected chi connectivity index (χ1v) is 7.08. The van der Waals surface area contributed by atoms with E-state index < -0.39 is 18.8 Å². The van der Waals surface area contributed by atoms with Crippen molar-refractivity contribution in [1.82, 2.24) is 4.90 Å². The van der Waals surface area contributed by atoms with E-state index in [2.05, 4.69) is 0 Å². The number of carbonyl (C=O) groups is 1. The van der Waals surface area contributed by atoms with E-state index in [-0.39, 0.29) is 12.3 Å². The van der Waals surface area contributed by atoms with Crippen molar-refractivity contribution in [3.8, 4) is 0 Å². The molecule has 1 unspecified atom stereocenters. The van der Waals surface area contributed by atoms with Gasteiger partial charge >= 0.3 is 6.18 Å². The smallest absolute Gasteiger partial charge is 0.292 e. The van der Waals surface area contributed by atoms with E-state index in [4.69, 9.17) is 0 Å². The third-order valence-corrected chi connectivity index (χ3v) is 3.48. The second kappa shape index (κ2) is 7.07. The molecule has 0 amide bonds. The molecule has 5 heteroatoms. The number of hydrogen-bond acceptors (Lipinski definition) is 2. The molecule has 0 aromatic heterocycles. The lowest BCUT2D eigenvalue weighted by Crippen LogP contribution is -2.44. The van der Waals surface area contributed by atoms with Crippen LogP contribution in [-0.4, -0.2) is 36.0 Å². The van der Waals surface area contributed by atoms with Gasteiger partial charge in [-0.1, -0.05) is 24.6 Å². The van der Waals surface area contributed by atoms with Gasteiger partial charge in [-0.05, 0) is 45.4 Å². The van der Waals surface area contributed by atoms with Gasteiger partial charge < -0.3 is 0 Å². The van der Waals surface area contributed by atoms with Gasteiger partial charge in [-0.25, -0.2) is 0 Å². The minimum Gasteiger partial charge on any atom is -0.292 e. The van der Waals surface area contributed by atoms with Gasteiger partial charge in [0.25, 0.3) is 0 Å². The maximum Gasteiger partial charge on any atom is 0.401 e. The van der Waals surface area contributed by atoms with Crippen LogP contribution in [0.3, 0.4) is 0 Å². The van der Waals surface area contributed by atoms with E-state index in [1.165, 1.54) is 4.90 Å². The number of halogens is 3. The largest absolute Gasteiger partial charge is 0.401 e. The molecule has 0 aliphatic heterocycles. The predicted molar refractivity (Wildman–Crippen MR) is 77.6 cm³/mol. The average molecular weight is 301 g/mol. The predicted octanol–water partition coefficient (Wildman–Crippen LogP) is 4.15. The summed E-state index contributed by atoms with van der Waals surface area (Å²) in [6.45, 7) is 6.20. The summed E-state index contributed by atoms with van der Waals surface area (Å²) in [6.07, 6.45) is -3.73. The summed E-state index contributed by atoms with van der Waals surface area (Å²) in [4.78, 5) is 13.7. The molecule has 1 aromatic rings. The molecule has 1 aromatic carbocycles. The van der Waals surface area contributed by atoms with Gasteiger partial charge in [0.2, 0.25) is 0 Å². The van der Waals surface area contributed by atoms with Gasteiger partial charge in [0.05, 0.1) is 12.6 Å². The van der Waals surface area contributed by atoms with Crippen LogP contribution >= 0.6 is 0 Å². The van der Waals surface area contributed by atoms with Crippen LogP contribution in [0, 0.1) is 13.8 Å². The summed E-state index contributed by atoms with van der Waals surface area (Å²) >= 11 is 0. The zero-order valence-electron chi connectivity index (χ0n) is 12.9. The average Bonchev–Trinajstić information content (AvgIpc) is 2.38. The number of Topliss-reactive ketones (excluding diaryl/α,β-unsaturated/α-hetero) is 1. The molecular formula is C16H22F3NO. The molecule has 2 nitrogen and oxygen atoms in total. The Morgan fingerprint density at radius 1 is 1.29 bits per heavy atom. The van der Waals surface area contributed by atoms with E-state index in [0.717, 1.165) is 11.1 Å². The molecule has 0 heterocycles. The minimum absolute atomic E-state index is 0.247. The molecule has 1 atom stereocenters. The fraction of sp³-hybridized carbons (Fsp3) is 0.562. The maximum atomic E-state index is 12.6. The SMILES string of the molecule is CCCN(CC(F)(F)F)C(C)C(=O)c1cc(C)ccc1C. The molecule has 118 valence electrons. The highest BCUT2D eigenvalue weighted by molar-refractivity contribution is 6.01. The minimum atomic E-state index is -4.30. The lowest BCUT2D eigenvalue weighted by molar-refractivity contribution is -0.148. The molecule has 0 spiro atoms. The molecular weight excluding hydrogens is 279 g/mol. The Kier molecular flexibility index (Phi) is 5.96. The molecule has 0 saturated carbocycles. The number of aryl methyl sites for hydroxylation is 2. The summed E-state index contributed by atoms with van der Waals surface area (Å²) < 4.78 is 37.9. The first kappa shape index (κ1) is 17.7. The monoisotopic (exact) mass is 301 g/mol. The third kappa shape index (κ3) is 5.16. The van der Waals surface area contributed by atoms with Crippen LogP contribution in [0.1, 0.15) is 41.8 Å². The highest BCUT2D eigenvalue weighted by Crippen LogP contribution is 2.21. The number of nitrogens with zero attached hydrogens (tertiary/aromatic N) is 1. The van der Waals surface area contributed by atoms with Crippen molar-refractivity contribution < 1.29 is 18.0 Å². The van der Waals surface area contributed by atoms with Crippen molar-refractivity contribution in [2.45, 2.75) is 46.3 Å². The van der Waals surface area contributed by atoms with Crippen LogP contribution in [-0.2, 0) is 0 Å². The zero-order chi connectivity index (χ0) is 16.2. The van der Waals surface area contributed by atoms with Crippen LogP contribution in [0.15, 0.2) is 18.2 Å². The quantitative estimate of drug-likeness (QED) is 0.736. The molecule has 0 aliphatic carbocycles. The van der Waals surface area contributed by atoms with Crippen LogP contribution in [0.4, 0.5) is 13.2 Å². The Balaban J connectivity index is 2.99. The lowest BCUT2D eigenvalue weighted by atomic mass is 9.97. The topological polar surface area (TPSA) is 20.3 Å². The molecule has 21 heavy (non-hydrogen) atoms. The van der Waals surface area contributed by atoms with Gasteiger partial charge in [-0.2, -0.15) is 13.2 Å². The van der Waals surface area contributed by atoms with Crippen LogP contribution in [0.2, 0.25) is 0 Å². The molecule has 0 saturated heterocycles. The van der Waals surface area contributed by atoms with Crippen LogP contribution < -0.4 is 0 Å². The lowest BCUT2D eigenvalue weighted by Gasteiger charge is -2.29. The van der Waals surface area contributed by atoms with Crippen molar-refractivity contribution in [2.24, 2.45) is 0 Å². The second-order valence-corrected chi connectivity index (χ2v) is 5.44. The summed E-state index contributed by atoms with van der Waals surface area (Å²) in [5.74, 6) is -0.256. The number of rotatable bonds is 6. The number of hydrogen-bond donors (Lipinski definition) is 0. The number of alkyl halides is 3. The maximum absolute atomic E-state index is 12.6. The van der Waals surface area contributed by atoms with Crippen LogP contribution in [0.5, 0.6) is 0 Å². The molecule has 0 bridgehead atoms. The fourth-order valence-corrected chi connectivity index (χ4v) is 2.32. The molecule has 1 rings (SSSR count). The van der Waals surface area contributed by atoms with Crippen molar-refractivity contribution in [2.75, 3.05) is 13.1 Å². The first-order valence-electron chi connectivity index (χ1n) is 7.08. The number of benzene rings is 1. The Bertz CT molecular complexity index is 497. The molecule has 0 aliphatic rings. The molecule has 0 N–H and O–H groups in total. The molecule has 0 fully saturated rings. The Labute approximate surface area is 123 Å². The second-order valence-electron chi connectivity index (χ2n) is 5.44. The number of ketones is 1. The highest BCUT2D eigenvalue weighted by Gasteiger charge is 2.34. The first-order chi connectivity index (χ1) is 9.65. The third-order valence-electron chi connectivity index (χ3n) is 3.48. The van der Waals surface area contributed by atoms with E-state index in [0.29, 0.717) is 12.0 Å².